The summed E-state index contributed by atoms with van der Waals surface area (Å²) in [6.45, 7) is 1.21. The minimum atomic E-state index is -0.674. The van der Waals surface area contributed by atoms with E-state index in [1.54, 1.807) is 24.3 Å². The molecule has 4 saturated carbocycles. The summed E-state index contributed by atoms with van der Waals surface area (Å²) in [5.74, 6) is 2.55. The molecule has 0 aliphatic heterocycles. The molecule has 5 rings (SSSR count). The van der Waals surface area contributed by atoms with E-state index in [9.17, 15) is 9.90 Å². The summed E-state index contributed by atoms with van der Waals surface area (Å²) in [4.78, 5) is 12.1. The van der Waals surface area contributed by atoms with Gasteiger partial charge in [-0.1, -0.05) is 11.6 Å². The summed E-state index contributed by atoms with van der Waals surface area (Å²) in [6.07, 6.45) is 8.96. The van der Waals surface area contributed by atoms with Gasteiger partial charge in [0, 0.05) is 23.7 Å². The van der Waals surface area contributed by atoms with Crippen molar-refractivity contribution in [2.24, 2.45) is 23.2 Å². The van der Waals surface area contributed by atoms with Crippen molar-refractivity contribution < 1.29 is 14.6 Å². The summed E-state index contributed by atoms with van der Waals surface area (Å²) in [7, 11) is 0. The van der Waals surface area contributed by atoms with Crippen LogP contribution in [-0.4, -0.2) is 42.0 Å². The van der Waals surface area contributed by atoms with Crippen molar-refractivity contribution in [2.45, 2.75) is 51.0 Å². The molecule has 4 bridgehead atoms. The Labute approximate surface area is 188 Å². The molecule has 1 atom stereocenters. The average Bonchev–Trinajstić information content (AvgIpc) is 2.69. The number of aliphatic hydroxyl groups excluding tert-OH is 1. The summed E-state index contributed by atoms with van der Waals surface area (Å²) in [5.41, 5.74) is 0.975. The lowest BCUT2D eigenvalue weighted by molar-refractivity contribution is -0.0728. The summed E-state index contributed by atoms with van der Waals surface area (Å²) < 4.78 is 5.80. The molecule has 0 radical (unpaired) electrons. The number of hydrogen-bond donors (Lipinski definition) is 3. The molecule has 4 aliphatic rings. The number of aliphatic hydroxyl groups is 1. The zero-order valence-electron chi connectivity index (χ0n) is 17.2. The third kappa shape index (κ3) is 5.52. The molecule has 7 heteroatoms. The van der Waals surface area contributed by atoms with Crippen molar-refractivity contribution in [3.8, 4) is 0 Å². The Hall–Kier alpha value is -1.21. The second kappa shape index (κ2) is 9.51. The second-order valence-corrected chi connectivity index (χ2v) is 10.4. The van der Waals surface area contributed by atoms with Crippen LogP contribution in [0.5, 0.6) is 0 Å². The minimum absolute atomic E-state index is 0.183. The van der Waals surface area contributed by atoms with Gasteiger partial charge in [-0.15, -0.1) is 0 Å². The summed E-state index contributed by atoms with van der Waals surface area (Å²) in [6, 6.07) is 6.56. The molecule has 0 heterocycles. The molecule has 0 unspecified atom stereocenters. The van der Waals surface area contributed by atoms with E-state index in [1.807, 2.05) is 0 Å². The van der Waals surface area contributed by atoms with E-state index in [0.717, 1.165) is 24.2 Å². The fourth-order valence-electron chi connectivity index (χ4n) is 6.19. The Morgan fingerprint density at radius 3 is 2.37 bits per heavy atom. The average molecular weight is 451 g/mol. The largest absolute Gasteiger partial charge is 0.389 e. The van der Waals surface area contributed by atoms with Gasteiger partial charge >= 0.3 is 0 Å². The molecule has 1 aromatic carbocycles. The topological polar surface area (TPSA) is 70.6 Å². The van der Waals surface area contributed by atoms with Gasteiger partial charge in [0.2, 0.25) is 0 Å². The molecular formula is C23H31ClN2O3S. The number of rotatable bonds is 8. The van der Waals surface area contributed by atoms with Crippen LogP contribution in [0.3, 0.4) is 0 Å². The molecule has 4 fully saturated rings. The number of thiocarbonyl (C=S) groups is 1. The van der Waals surface area contributed by atoms with Crippen LogP contribution in [0.15, 0.2) is 24.3 Å². The molecule has 5 nitrogen and oxygen atoms in total. The lowest BCUT2D eigenvalue weighted by Crippen LogP contribution is -2.46. The minimum Gasteiger partial charge on any atom is -0.389 e. The highest BCUT2D eigenvalue weighted by molar-refractivity contribution is 7.80. The first-order valence-corrected chi connectivity index (χ1v) is 11.8. The Kier molecular flexibility index (Phi) is 6.98. The molecule has 0 saturated heterocycles. The Bertz CT molecular complexity index is 735. The number of nitrogens with one attached hydrogen (secondary N) is 2. The summed E-state index contributed by atoms with van der Waals surface area (Å²) >= 11 is 11.0. The van der Waals surface area contributed by atoms with E-state index in [-0.39, 0.29) is 24.2 Å². The van der Waals surface area contributed by atoms with E-state index in [2.05, 4.69) is 10.6 Å². The van der Waals surface area contributed by atoms with Crippen LogP contribution in [0, 0.1) is 23.2 Å². The van der Waals surface area contributed by atoms with Gasteiger partial charge < -0.3 is 15.2 Å². The Morgan fingerprint density at radius 1 is 1.17 bits per heavy atom. The molecule has 4 aliphatic carbocycles. The fraction of sp³-hybridized carbons (Fsp3) is 0.652. The maximum absolute atomic E-state index is 12.1. The monoisotopic (exact) mass is 450 g/mol. The standard InChI is InChI=1S/C23H31ClN2O3S/c24-19-3-1-18(2-4-19)21(28)26-22(30)25-13-20(27)14-29-6-5-23-10-15-7-16(11-23)9-17(8-15)12-23/h1-4,15-17,20,27H,5-14H2,(H2,25,26,28,30)/t15?,16?,17?,20-,23?/m0/s1. The van der Waals surface area contributed by atoms with Gasteiger partial charge in [-0.25, -0.2) is 0 Å². The van der Waals surface area contributed by atoms with Crippen molar-refractivity contribution in [1.29, 1.82) is 0 Å². The van der Waals surface area contributed by atoms with Crippen LogP contribution in [0.4, 0.5) is 0 Å². The van der Waals surface area contributed by atoms with Crippen molar-refractivity contribution in [3.63, 3.8) is 0 Å². The van der Waals surface area contributed by atoms with E-state index in [4.69, 9.17) is 28.6 Å². The predicted octanol–water partition coefficient (Wildman–Crippen LogP) is 3.93. The van der Waals surface area contributed by atoms with Crippen molar-refractivity contribution in [2.75, 3.05) is 19.8 Å². The molecule has 0 aromatic heterocycles. The van der Waals surface area contributed by atoms with Gasteiger partial charge in [-0.2, -0.15) is 0 Å². The van der Waals surface area contributed by atoms with Gasteiger partial charge in [-0.05, 0) is 105 Å². The maximum atomic E-state index is 12.1. The Balaban J connectivity index is 1.11. The number of hydrogen-bond acceptors (Lipinski definition) is 4. The number of benzene rings is 1. The molecule has 30 heavy (non-hydrogen) atoms. The van der Waals surface area contributed by atoms with Gasteiger partial charge in [0.05, 0.1) is 12.7 Å². The normalized spacial score (nSPS) is 30.1. The molecule has 0 spiro atoms. The van der Waals surface area contributed by atoms with Crippen LogP contribution >= 0.6 is 23.8 Å². The van der Waals surface area contributed by atoms with Crippen molar-refractivity contribution in [3.05, 3.63) is 34.9 Å². The molecule has 1 aromatic rings. The van der Waals surface area contributed by atoms with Crippen LogP contribution in [-0.2, 0) is 4.74 Å². The molecule has 1 amide bonds. The number of amides is 1. The molecular weight excluding hydrogens is 420 g/mol. The van der Waals surface area contributed by atoms with Crippen LogP contribution < -0.4 is 10.6 Å². The summed E-state index contributed by atoms with van der Waals surface area (Å²) in [5, 5.41) is 16.4. The van der Waals surface area contributed by atoms with Crippen molar-refractivity contribution >= 4 is 34.8 Å². The zero-order valence-corrected chi connectivity index (χ0v) is 18.8. The smallest absolute Gasteiger partial charge is 0.257 e. The van der Waals surface area contributed by atoms with E-state index >= 15 is 0 Å². The fourth-order valence-corrected chi connectivity index (χ4v) is 6.50. The lowest BCUT2D eigenvalue weighted by Gasteiger charge is -2.57. The quantitative estimate of drug-likeness (QED) is 0.413. The van der Waals surface area contributed by atoms with Gasteiger partial charge in [-0.3, -0.25) is 10.1 Å². The van der Waals surface area contributed by atoms with E-state index < -0.39 is 6.10 Å². The first-order chi connectivity index (χ1) is 14.4. The van der Waals surface area contributed by atoms with Crippen LogP contribution in [0.2, 0.25) is 5.02 Å². The zero-order chi connectivity index (χ0) is 21.1. The third-order valence-electron chi connectivity index (χ3n) is 7.08. The number of carbonyl (C=O) groups excluding carboxylic acids is 1. The maximum Gasteiger partial charge on any atom is 0.257 e. The number of carbonyl (C=O) groups is 1. The first kappa shape index (κ1) is 22.0. The van der Waals surface area contributed by atoms with E-state index in [1.165, 1.54) is 38.5 Å². The van der Waals surface area contributed by atoms with Gasteiger partial charge in [0.15, 0.2) is 5.11 Å². The highest BCUT2D eigenvalue weighted by Crippen LogP contribution is 2.61. The highest BCUT2D eigenvalue weighted by Gasteiger charge is 2.50. The van der Waals surface area contributed by atoms with Gasteiger partial charge in [0.1, 0.15) is 0 Å². The highest BCUT2D eigenvalue weighted by atomic mass is 35.5. The van der Waals surface area contributed by atoms with E-state index in [0.29, 0.717) is 22.6 Å². The van der Waals surface area contributed by atoms with Crippen molar-refractivity contribution in [1.82, 2.24) is 10.6 Å². The second-order valence-electron chi connectivity index (χ2n) is 9.57. The Morgan fingerprint density at radius 2 is 1.77 bits per heavy atom. The third-order valence-corrected chi connectivity index (χ3v) is 7.58. The first-order valence-electron chi connectivity index (χ1n) is 11.0. The SMILES string of the molecule is O=C(NC(=S)NC[C@H](O)COCCC12CC3CC(CC(C3)C1)C2)c1ccc(Cl)cc1. The number of halogens is 1. The van der Waals surface area contributed by atoms with Crippen LogP contribution in [0.25, 0.3) is 0 Å². The molecule has 164 valence electrons. The number of ether oxygens (including phenoxy) is 1. The molecule has 3 N–H and O–H groups in total. The lowest BCUT2D eigenvalue weighted by atomic mass is 9.49. The van der Waals surface area contributed by atoms with Gasteiger partial charge in [0.25, 0.3) is 5.91 Å². The predicted molar refractivity (Wildman–Crippen MR) is 122 cm³/mol. The van der Waals surface area contributed by atoms with Crippen LogP contribution in [0.1, 0.15) is 55.3 Å².